The molecule has 0 heterocycles. The lowest BCUT2D eigenvalue weighted by Crippen LogP contribution is -2.43. The van der Waals surface area contributed by atoms with Gasteiger partial charge in [-0.1, -0.05) is 13.8 Å². The van der Waals surface area contributed by atoms with Gasteiger partial charge in [0.1, 0.15) is 0 Å². The molecule has 0 aliphatic carbocycles. The van der Waals surface area contributed by atoms with Crippen molar-refractivity contribution in [3.63, 3.8) is 0 Å². The molecule has 14 heavy (non-hydrogen) atoms. The number of aliphatic hydroxyl groups excluding tert-OH is 1. The standard InChI is InChI=1S/C11H26N2O/c1-5-13(6-2)9-7-8-11(3,10-14)12-4/h12,14H,5-10H2,1-4H3. The van der Waals surface area contributed by atoms with E-state index in [1.54, 1.807) is 0 Å². The van der Waals surface area contributed by atoms with Crippen molar-refractivity contribution in [3.8, 4) is 0 Å². The van der Waals surface area contributed by atoms with Crippen molar-refractivity contribution in [1.29, 1.82) is 0 Å². The molecular weight excluding hydrogens is 176 g/mol. The normalized spacial score (nSPS) is 15.9. The zero-order valence-electron chi connectivity index (χ0n) is 10.1. The molecule has 0 aromatic carbocycles. The number of aliphatic hydroxyl groups is 1. The van der Waals surface area contributed by atoms with Gasteiger partial charge in [-0.3, -0.25) is 0 Å². The lowest BCUT2D eigenvalue weighted by Gasteiger charge is -2.28. The Bertz CT molecular complexity index is 131. The summed E-state index contributed by atoms with van der Waals surface area (Å²) in [6, 6.07) is 0. The van der Waals surface area contributed by atoms with Crippen LogP contribution in [0.2, 0.25) is 0 Å². The Morgan fingerprint density at radius 3 is 2.21 bits per heavy atom. The molecule has 0 bridgehead atoms. The van der Waals surface area contributed by atoms with Gasteiger partial charge < -0.3 is 15.3 Å². The molecule has 0 radical (unpaired) electrons. The molecule has 3 nitrogen and oxygen atoms in total. The quantitative estimate of drug-likeness (QED) is 0.618. The Hall–Kier alpha value is -0.120. The fourth-order valence-corrected chi connectivity index (χ4v) is 1.52. The van der Waals surface area contributed by atoms with Crippen LogP contribution in [0.15, 0.2) is 0 Å². The molecule has 0 saturated carbocycles. The lowest BCUT2D eigenvalue weighted by molar-refractivity contribution is 0.165. The molecule has 1 unspecified atom stereocenters. The van der Waals surface area contributed by atoms with Crippen LogP contribution in [-0.4, -0.2) is 48.8 Å². The first kappa shape index (κ1) is 13.9. The number of rotatable bonds is 8. The van der Waals surface area contributed by atoms with Gasteiger partial charge >= 0.3 is 0 Å². The van der Waals surface area contributed by atoms with E-state index < -0.39 is 0 Å². The molecule has 3 heteroatoms. The summed E-state index contributed by atoms with van der Waals surface area (Å²) in [5.41, 5.74) is -0.104. The molecule has 86 valence electrons. The SMILES string of the molecule is CCN(CC)CCCC(C)(CO)NC. The van der Waals surface area contributed by atoms with Gasteiger partial charge in [-0.05, 0) is 46.4 Å². The van der Waals surface area contributed by atoms with Crippen LogP contribution in [0.1, 0.15) is 33.6 Å². The Balaban J connectivity index is 3.70. The summed E-state index contributed by atoms with van der Waals surface area (Å²) in [6.45, 7) is 10.0. The minimum Gasteiger partial charge on any atom is -0.394 e. The van der Waals surface area contributed by atoms with Gasteiger partial charge in [0, 0.05) is 5.54 Å². The highest BCUT2D eigenvalue weighted by molar-refractivity contribution is 4.80. The molecule has 0 aliphatic rings. The highest BCUT2D eigenvalue weighted by atomic mass is 16.3. The largest absolute Gasteiger partial charge is 0.394 e. The molecule has 0 aliphatic heterocycles. The van der Waals surface area contributed by atoms with Gasteiger partial charge in [0.15, 0.2) is 0 Å². The first-order valence-electron chi connectivity index (χ1n) is 5.64. The first-order chi connectivity index (χ1) is 6.61. The van der Waals surface area contributed by atoms with Crippen LogP contribution in [0.3, 0.4) is 0 Å². The van der Waals surface area contributed by atoms with E-state index in [9.17, 15) is 5.11 Å². The van der Waals surface area contributed by atoms with Crippen LogP contribution in [0.25, 0.3) is 0 Å². The number of nitrogens with zero attached hydrogens (tertiary/aromatic N) is 1. The Labute approximate surface area is 88.5 Å². The molecule has 0 aromatic rings. The highest BCUT2D eigenvalue weighted by Gasteiger charge is 2.19. The summed E-state index contributed by atoms with van der Waals surface area (Å²) in [5, 5.41) is 12.4. The van der Waals surface area contributed by atoms with Gasteiger partial charge in [-0.15, -0.1) is 0 Å². The molecule has 0 amide bonds. The summed E-state index contributed by atoms with van der Waals surface area (Å²) < 4.78 is 0. The van der Waals surface area contributed by atoms with Crippen molar-refractivity contribution in [2.45, 2.75) is 39.2 Å². The van der Waals surface area contributed by atoms with Crippen molar-refractivity contribution in [3.05, 3.63) is 0 Å². The third kappa shape index (κ3) is 4.94. The van der Waals surface area contributed by atoms with Crippen LogP contribution < -0.4 is 5.32 Å². The van der Waals surface area contributed by atoms with E-state index in [-0.39, 0.29) is 12.1 Å². The summed E-state index contributed by atoms with van der Waals surface area (Å²) in [4.78, 5) is 2.41. The van der Waals surface area contributed by atoms with Crippen molar-refractivity contribution in [2.24, 2.45) is 0 Å². The lowest BCUT2D eigenvalue weighted by atomic mass is 9.97. The molecule has 0 fully saturated rings. The Morgan fingerprint density at radius 2 is 1.86 bits per heavy atom. The molecule has 0 spiro atoms. The number of likely N-dealkylation sites (N-methyl/N-ethyl adjacent to an activating group) is 1. The second-order valence-corrected chi connectivity index (χ2v) is 4.10. The van der Waals surface area contributed by atoms with Crippen LogP contribution >= 0.6 is 0 Å². The van der Waals surface area contributed by atoms with E-state index in [0.29, 0.717) is 0 Å². The molecule has 0 aromatic heterocycles. The maximum atomic E-state index is 9.19. The van der Waals surface area contributed by atoms with Gasteiger partial charge in [-0.25, -0.2) is 0 Å². The van der Waals surface area contributed by atoms with Gasteiger partial charge in [0.05, 0.1) is 6.61 Å². The van der Waals surface area contributed by atoms with E-state index in [1.165, 1.54) is 0 Å². The first-order valence-corrected chi connectivity index (χ1v) is 5.64. The van der Waals surface area contributed by atoms with Crippen LogP contribution in [0.4, 0.5) is 0 Å². The van der Waals surface area contributed by atoms with E-state index in [0.717, 1.165) is 32.5 Å². The van der Waals surface area contributed by atoms with Crippen LogP contribution in [0.5, 0.6) is 0 Å². The van der Waals surface area contributed by atoms with Gasteiger partial charge in [-0.2, -0.15) is 0 Å². The Morgan fingerprint density at radius 1 is 1.29 bits per heavy atom. The fraction of sp³-hybridized carbons (Fsp3) is 1.00. The van der Waals surface area contributed by atoms with Crippen molar-refractivity contribution in [2.75, 3.05) is 33.3 Å². The Kier molecular flexibility index (Phi) is 7.15. The minimum absolute atomic E-state index is 0.104. The maximum Gasteiger partial charge on any atom is 0.0610 e. The predicted octanol–water partition coefficient (Wildman–Crippen LogP) is 1.08. The zero-order valence-corrected chi connectivity index (χ0v) is 10.1. The third-order valence-corrected chi connectivity index (χ3v) is 3.05. The second kappa shape index (κ2) is 7.21. The zero-order chi connectivity index (χ0) is 11.0. The van der Waals surface area contributed by atoms with Gasteiger partial charge in [0.25, 0.3) is 0 Å². The number of hydrogen-bond donors (Lipinski definition) is 2. The summed E-state index contributed by atoms with van der Waals surface area (Å²) >= 11 is 0. The number of nitrogens with one attached hydrogen (secondary N) is 1. The smallest absolute Gasteiger partial charge is 0.0610 e. The van der Waals surface area contributed by atoms with Crippen LogP contribution in [0, 0.1) is 0 Å². The molecule has 0 rings (SSSR count). The summed E-state index contributed by atoms with van der Waals surface area (Å²) in [6.07, 6.45) is 2.16. The second-order valence-electron chi connectivity index (χ2n) is 4.10. The molecular formula is C11H26N2O. The van der Waals surface area contributed by atoms with Crippen molar-refractivity contribution >= 4 is 0 Å². The predicted molar refractivity (Wildman–Crippen MR) is 61.6 cm³/mol. The van der Waals surface area contributed by atoms with Crippen molar-refractivity contribution < 1.29 is 5.11 Å². The van der Waals surface area contributed by atoms with E-state index in [1.807, 2.05) is 7.05 Å². The van der Waals surface area contributed by atoms with E-state index in [2.05, 4.69) is 31.0 Å². The third-order valence-electron chi connectivity index (χ3n) is 3.05. The monoisotopic (exact) mass is 202 g/mol. The minimum atomic E-state index is -0.104. The molecule has 1 atom stereocenters. The summed E-state index contributed by atoms with van der Waals surface area (Å²) in [5.74, 6) is 0. The van der Waals surface area contributed by atoms with Gasteiger partial charge in [0.2, 0.25) is 0 Å². The van der Waals surface area contributed by atoms with E-state index >= 15 is 0 Å². The topological polar surface area (TPSA) is 35.5 Å². The molecule has 2 N–H and O–H groups in total. The maximum absolute atomic E-state index is 9.19. The summed E-state index contributed by atoms with van der Waals surface area (Å²) in [7, 11) is 1.91. The average molecular weight is 202 g/mol. The van der Waals surface area contributed by atoms with E-state index in [4.69, 9.17) is 0 Å². The molecule has 0 saturated heterocycles. The van der Waals surface area contributed by atoms with Crippen molar-refractivity contribution in [1.82, 2.24) is 10.2 Å². The fourth-order valence-electron chi connectivity index (χ4n) is 1.52. The number of hydrogen-bond acceptors (Lipinski definition) is 3. The van der Waals surface area contributed by atoms with Crippen LogP contribution in [-0.2, 0) is 0 Å². The average Bonchev–Trinajstić information content (AvgIpc) is 2.24. The highest BCUT2D eigenvalue weighted by Crippen LogP contribution is 2.11.